The molecule has 16 heteroatoms. The van der Waals surface area contributed by atoms with Gasteiger partial charge in [-0.05, 0) is 36.8 Å². The Balaban J connectivity index is 1.29. The number of aromatic nitrogens is 5. The first-order valence-electron chi connectivity index (χ1n) is 11.2. The number of piperidine rings is 1. The van der Waals surface area contributed by atoms with Crippen LogP contribution >= 0.6 is 0 Å². The number of hydrogen-bond donors (Lipinski definition) is 1. The topological polar surface area (TPSA) is 80.5 Å². The van der Waals surface area contributed by atoms with E-state index >= 15 is 0 Å². The maximum absolute atomic E-state index is 13.3. The molecule has 3 aromatic heterocycles. The van der Waals surface area contributed by atoms with Crippen molar-refractivity contribution in [2.24, 2.45) is 11.8 Å². The maximum Gasteiger partial charge on any atom is 0.456 e. The van der Waals surface area contributed by atoms with E-state index in [1.54, 1.807) is 0 Å². The number of anilines is 2. The van der Waals surface area contributed by atoms with Gasteiger partial charge >= 0.3 is 18.3 Å². The van der Waals surface area contributed by atoms with Crippen LogP contribution in [0.5, 0.6) is 5.88 Å². The SMILES string of the molecule is FC(F)(F)c1cc(N2C[C@H]3CC[C@@H](C2)[C@@H]3Nc2nc3c(OCC(F)(F)C(F)(F)F)nccn3n2)ccn1. The molecule has 1 saturated heterocycles. The van der Waals surface area contributed by atoms with Gasteiger partial charge in [0, 0.05) is 43.4 Å². The number of hydrogen-bond acceptors (Lipinski definition) is 7. The fourth-order valence-electron chi connectivity index (χ4n) is 4.79. The minimum Gasteiger partial charge on any atom is -0.468 e. The average molecular weight is 537 g/mol. The van der Waals surface area contributed by atoms with Crippen molar-refractivity contribution in [1.29, 1.82) is 0 Å². The summed E-state index contributed by atoms with van der Waals surface area (Å²) in [5.74, 6) is -5.42. The third-order valence-electron chi connectivity index (χ3n) is 6.56. The van der Waals surface area contributed by atoms with E-state index in [4.69, 9.17) is 0 Å². The summed E-state index contributed by atoms with van der Waals surface area (Å²) in [5.41, 5.74) is -0.692. The number of pyridine rings is 1. The fraction of sp³-hybridized carbons (Fsp3) is 0.524. The molecular weight excluding hydrogens is 518 g/mol. The van der Waals surface area contributed by atoms with E-state index in [0.29, 0.717) is 18.8 Å². The highest BCUT2D eigenvalue weighted by Crippen LogP contribution is 2.41. The minimum atomic E-state index is -5.78. The number of nitrogens with zero attached hydrogens (tertiary/aromatic N) is 6. The molecule has 2 bridgehead atoms. The summed E-state index contributed by atoms with van der Waals surface area (Å²) in [4.78, 5) is 13.1. The molecule has 1 aliphatic carbocycles. The molecule has 5 rings (SSSR count). The van der Waals surface area contributed by atoms with Crippen molar-refractivity contribution in [2.45, 2.75) is 37.2 Å². The molecule has 0 spiro atoms. The molecule has 0 aromatic carbocycles. The Labute approximate surface area is 203 Å². The largest absolute Gasteiger partial charge is 0.468 e. The lowest BCUT2D eigenvalue weighted by Crippen LogP contribution is -2.48. The second-order valence-electron chi connectivity index (χ2n) is 9.00. The van der Waals surface area contributed by atoms with Crippen LogP contribution in [-0.2, 0) is 6.18 Å². The summed E-state index contributed by atoms with van der Waals surface area (Å²) in [6.45, 7) is -1.01. The van der Waals surface area contributed by atoms with Gasteiger partial charge in [-0.25, -0.2) is 9.50 Å². The molecule has 0 amide bonds. The lowest BCUT2D eigenvalue weighted by molar-refractivity contribution is -0.290. The van der Waals surface area contributed by atoms with Crippen molar-refractivity contribution in [3.8, 4) is 5.88 Å². The van der Waals surface area contributed by atoms with Gasteiger partial charge in [0.15, 0.2) is 6.61 Å². The molecule has 2 fully saturated rings. The molecule has 37 heavy (non-hydrogen) atoms. The van der Waals surface area contributed by atoms with Crippen molar-refractivity contribution < 1.29 is 39.9 Å². The number of fused-ring (bicyclic) bond motifs is 3. The van der Waals surface area contributed by atoms with Gasteiger partial charge in [0.25, 0.3) is 5.88 Å². The number of halogens is 8. The molecule has 2 aliphatic rings. The lowest BCUT2D eigenvalue weighted by atomic mass is 9.92. The third-order valence-corrected chi connectivity index (χ3v) is 6.56. The van der Waals surface area contributed by atoms with Gasteiger partial charge in [-0.3, -0.25) is 4.98 Å². The Bertz CT molecular complexity index is 1260. The average Bonchev–Trinajstić information content (AvgIpc) is 3.32. The Morgan fingerprint density at radius 1 is 0.973 bits per heavy atom. The molecule has 4 heterocycles. The summed E-state index contributed by atoms with van der Waals surface area (Å²) in [5, 5.41) is 7.38. The van der Waals surface area contributed by atoms with E-state index in [1.807, 2.05) is 4.90 Å². The summed E-state index contributed by atoms with van der Waals surface area (Å²) < 4.78 is 109. The number of alkyl halides is 8. The van der Waals surface area contributed by atoms with Gasteiger partial charge in [0.1, 0.15) is 5.69 Å². The van der Waals surface area contributed by atoms with Crippen LogP contribution in [0.15, 0.2) is 30.7 Å². The zero-order valence-electron chi connectivity index (χ0n) is 18.8. The van der Waals surface area contributed by atoms with Crippen LogP contribution < -0.4 is 15.0 Å². The Kier molecular flexibility index (Phi) is 6.02. The highest BCUT2D eigenvalue weighted by atomic mass is 19.4. The first-order valence-corrected chi connectivity index (χ1v) is 11.2. The van der Waals surface area contributed by atoms with E-state index in [9.17, 15) is 35.1 Å². The molecule has 3 aromatic rings. The molecule has 200 valence electrons. The van der Waals surface area contributed by atoms with Gasteiger partial charge in [0.2, 0.25) is 11.6 Å². The van der Waals surface area contributed by atoms with Crippen LogP contribution in [0.3, 0.4) is 0 Å². The first kappa shape index (κ1) is 25.2. The van der Waals surface area contributed by atoms with Crippen LogP contribution in [-0.4, -0.2) is 62.4 Å². The Morgan fingerprint density at radius 3 is 2.32 bits per heavy atom. The van der Waals surface area contributed by atoms with Crippen LogP contribution in [0.25, 0.3) is 5.65 Å². The summed E-state index contributed by atoms with van der Waals surface area (Å²) in [7, 11) is 0. The lowest BCUT2D eigenvalue weighted by Gasteiger charge is -2.39. The van der Waals surface area contributed by atoms with E-state index < -0.39 is 36.5 Å². The zero-order chi connectivity index (χ0) is 26.6. The number of ether oxygens (including phenoxy) is 1. The van der Waals surface area contributed by atoms with E-state index in [1.165, 1.54) is 12.3 Å². The second kappa shape index (κ2) is 8.83. The van der Waals surface area contributed by atoms with Crippen molar-refractivity contribution >= 4 is 17.3 Å². The maximum atomic E-state index is 13.3. The van der Waals surface area contributed by atoms with Gasteiger partial charge in [-0.2, -0.15) is 40.1 Å². The van der Waals surface area contributed by atoms with Gasteiger partial charge in [-0.1, -0.05) is 0 Å². The summed E-state index contributed by atoms with van der Waals surface area (Å²) >= 11 is 0. The zero-order valence-corrected chi connectivity index (χ0v) is 18.8. The fourth-order valence-corrected chi connectivity index (χ4v) is 4.79. The summed E-state index contributed by atoms with van der Waals surface area (Å²) in [6, 6.07) is 2.43. The van der Waals surface area contributed by atoms with E-state index in [0.717, 1.165) is 35.8 Å². The Morgan fingerprint density at radius 2 is 1.68 bits per heavy atom. The van der Waals surface area contributed by atoms with Crippen LogP contribution in [0.2, 0.25) is 0 Å². The number of rotatable bonds is 6. The van der Waals surface area contributed by atoms with Gasteiger partial charge in [0.05, 0.1) is 0 Å². The quantitative estimate of drug-likeness (QED) is 0.466. The van der Waals surface area contributed by atoms with Gasteiger partial charge < -0.3 is 15.0 Å². The predicted molar refractivity (Wildman–Crippen MR) is 112 cm³/mol. The molecule has 1 saturated carbocycles. The molecule has 3 atom stereocenters. The second-order valence-corrected chi connectivity index (χ2v) is 9.00. The van der Waals surface area contributed by atoms with E-state index in [-0.39, 0.29) is 29.5 Å². The Hall–Kier alpha value is -3.46. The highest BCUT2D eigenvalue weighted by molar-refractivity contribution is 5.53. The standard InChI is InChI=1S/C21H19F8N7O/c22-19(23,21(27,28)29)10-37-17-16-33-18(34-36(16)6-5-31-17)32-15-11-1-2-12(15)9-35(8-11)13-3-4-30-14(7-13)20(24,25)26/h3-7,11-12,15H,1-2,8-10H2,(H,32,34)/t11-,12+,15-. The minimum absolute atomic E-state index is 0.0483. The monoisotopic (exact) mass is 537 g/mol. The van der Waals surface area contributed by atoms with Crippen LogP contribution in [0, 0.1) is 11.8 Å². The highest BCUT2D eigenvalue weighted by Gasteiger charge is 2.58. The molecule has 1 aliphatic heterocycles. The van der Waals surface area contributed by atoms with Crippen molar-refractivity contribution in [2.75, 3.05) is 29.9 Å². The van der Waals surface area contributed by atoms with Crippen LogP contribution in [0.4, 0.5) is 46.8 Å². The van der Waals surface area contributed by atoms with Crippen molar-refractivity contribution in [3.05, 3.63) is 36.4 Å². The number of nitrogens with one attached hydrogen (secondary N) is 1. The third kappa shape index (κ3) is 4.92. The van der Waals surface area contributed by atoms with Crippen LogP contribution in [0.1, 0.15) is 18.5 Å². The van der Waals surface area contributed by atoms with Crippen molar-refractivity contribution in [3.63, 3.8) is 0 Å². The molecule has 1 N–H and O–H groups in total. The van der Waals surface area contributed by atoms with Gasteiger partial charge in [-0.15, -0.1) is 5.10 Å². The molecule has 8 nitrogen and oxygen atoms in total. The normalized spacial score (nSPS) is 22.5. The summed E-state index contributed by atoms with van der Waals surface area (Å²) in [6.07, 6.45) is -5.12. The molecule has 0 radical (unpaired) electrons. The predicted octanol–water partition coefficient (Wildman–Crippen LogP) is 4.44. The molecular formula is C21H19F8N7O. The van der Waals surface area contributed by atoms with E-state index in [2.05, 4.69) is 30.1 Å². The molecule has 0 unspecified atom stereocenters. The first-order chi connectivity index (χ1) is 17.3. The smallest absolute Gasteiger partial charge is 0.456 e. The van der Waals surface area contributed by atoms with Crippen molar-refractivity contribution in [1.82, 2.24) is 24.6 Å².